The van der Waals surface area contributed by atoms with Crippen LogP contribution in [0.15, 0.2) is 39.9 Å². The number of carbonyl (C=O) groups excluding carboxylic acids is 1. The van der Waals surface area contributed by atoms with Crippen molar-refractivity contribution in [3.8, 4) is 17.3 Å². The minimum atomic E-state index is -0.543. The van der Waals surface area contributed by atoms with E-state index < -0.39 is 5.60 Å². The normalized spacial score (nSPS) is 14.8. The topological polar surface area (TPSA) is 141 Å². The number of carbonyl (C=O) groups is 1. The van der Waals surface area contributed by atoms with Gasteiger partial charge in [-0.2, -0.15) is 10.1 Å². The summed E-state index contributed by atoms with van der Waals surface area (Å²) < 4.78 is 17.7. The second kappa shape index (κ2) is 9.68. The Hall–Kier alpha value is -4.22. The number of H-pyrrole nitrogens is 1. The van der Waals surface area contributed by atoms with Gasteiger partial charge in [-0.05, 0) is 39.2 Å². The van der Waals surface area contributed by atoms with Crippen LogP contribution in [0.4, 0.5) is 4.79 Å². The summed E-state index contributed by atoms with van der Waals surface area (Å²) in [5.41, 5.74) is 1.94. The molecule has 0 atom stereocenters. The van der Waals surface area contributed by atoms with Crippen LogP contribution in [0.1, 0.15) is 56.7 Å². The molecule has 4 aromatic rings. The fourth-order valence-corrected chi connectivity index (χ4v) is 4.40. The van der Waals surface area contributed by atoms with Crippen LogP contribution in [0.2, 0.25) is 0 Å². The standard InChI is InChI=1S/C25H29N7O5/c1-25(2,3)36-24(34)31-9-7-16(8-10-31)18-12-19(33)28-23-17(14-27-32(18)23)22-29-21(37-30-22)11-15-5-6-20(35-4)26-13-15/h5-6,12-14,16H,7-11H2,1-4H3,(H,28,33). The molecule has 0 spiro atoms. The first kappa shape index (κ1) is 24.5. The molecule has 1 N–H and O–H groups in total. The molecule has 1 aliphatic heterocycles. The smallest absolute Gasteiger partial charge is 0.410 e. The maximum Gasteiger partial charge on any atom is 0.410 e. The van der Waals surface area contributed by atoms with E-state index in [4.69, 9.17) is 14.0 Å². The molecule has 0 saturated carbocycles. The lowest BCUT2D eigenvalue weighted by atomic mass is 9.93. The second-order valence-corrected chi connectivity index (χ2v) is 10.0. The molecule has 0 radical (unpaired) electrons. The average Bonchev–Trinajstić information content (AvgIpc) is 3.50. The van der Waals surface area contributed by atoms with E-state index in [1.807, 2.05) is 26.8 Å². The van der Waals surface area contributed by atoms with E-state index >= 15 is 0 Å². The van der Waals surface area contributed by atoms with Crippen LogP contribution in [-0.2, 0) is 11.2 Å². The van der Waals surface area contributed by atoms with E-state index in [1.165, 1.54) is 0 Å². The van der Waals surface area contributed by atoms with Gasteiger partial charge in [-0.1, -0.05) is 11.2 Å². The molecule has 0 unspecified atom stereocenters. The van der Waals surface area contributed by atoms with Crippen molar-refractivity contribution in [2.75, 3.05) is 20.2 Å². The van der Waals surface area contributed by atoms with Crippen molar-refractivity contribution < 1.29 is 18.8 Å². The average molecular weight is 508 g/mol. The summed E-state index contributed by atoms with van der Waals surface area (Å²) in [5.74, 6) is 1.32. The number of methoxy groups -OCH3 is 1. The first-order chi connectivity index (χ1) is 17.7. The van der Waals surface area contributed by atoms with Crippen LogP contribution >= 0.6 is 0 Å². The number of fused-ring (bicyclic) bond motifs is 1. The third-order valence-electron chi connectivity index (χ3n) is 6.17. The molecule has 1 fully saturated rings. The Labute approximate surface area is 212 Å². The third kappa shape index (κ3) is 5.32. The maximum absolute atomic E-state index is 12.6. The molecule has 5 heterocycles. The number of amides is 1. The summed E-state index contributed by atoms with van der Waals surface area (Å²) in [6, 6.07) is 5.21. The number of piperidine rings is 1. The first-order valence-corrected chi connectivity index (χ1v) is 12.1. The summed E-state index contributed by atoms with van der Waals surface area (Å²) in [6.45, 7) is 6.63. The van der Waals surface area contributed by atoms with Crippen molar-refractivity contribution in [2.24, 2.45) is 0 Å². The molecule has 194 valence electrons. The lowest BCUT2D eigenvalue weighted by molar-refractivity contribution is 0.0203. The molecule has 1 saturated heterocycles. The summed E-state index contributed by atoms with van der Waals surface area (Å²) in [5, 5.41) is 8.63. The van der Waals surface area contributed by atoms with Gasteiger partial charge in [-0.3, -0.25) is 4.79 Å². The summed E-state index contributed by atoms with van der Waals surface area (Å²) in [7, 11) is 1.56. The van der Waals surface area contributed by atoms with Gasteiger partial charge in [-0.25, -0.2) is 14.3 Å². The predicted molar refractivity (Wildman–Crippen MR) is 132 cm³/mol. The highest BCUT2D eigenvalue weighted by molar-refractivity contribution is 5.72. The van der Waals surface area contributed by atoms with Gasteiger partial charge in [-0.15, -0.1) is 0 Å². The largest absolute Gasteiger partial charge is 0.481 e. The van der Waals surface area contributed by atoms with Gasteiger partial charge in [0.2, 0.25) is 17.6 Å². The van der Waals surface area contributed by atoms with Crippen LogP contribution in [0, 0.1) is 0 Å². The third-order valence-corrected chi connectivity index (χ3v) is 6.17. The van der Waals surface area contributed by atoms with Crippen molar-refractivity contribution in [1.82, 2.24) is 34.6 Å². The van der Waals surface area contributed by atoms with Gasteiger partial charge >= 0.3 is 6.09 Å². The van der Waals surface area contributed by atoms with E-state index in [9.17, 15) is 9.59 Å². The van der Waals surface area contributed by atoms with Gasteiger partial charge < -0.3 is 23.9 Å². The predicted octanol–water partition coefficient (Wildman–Crippen LogP) is 3.18. The summed E-state index contributed by atoms with van der Waals surface area (Å²) in [6.07, 6.45) is 4.78. The lowest BCUT2D eigenvalue weighted by Gasteiger charge is -2.33. The number of ether oxygens (including phenoxy) is 2. The van der Waals surface area contributed by atoms with Crippen molar-refractivity contribution in [2.45, 2.75) is 51.6 Å². The van der Waals surface area contributed by atoms with Gasteiger partial charge in [0.15, 0.2) is 0 Å². The number of hydrogen-bond acceptors (Lipinski definition) is 9. The first-order valence-electron chi connectivity index (χ1n) is 12.1. The Bertz CT molecular complexity index is 1460. The van der Waals surface area contributed by atoms with E-state index in [-0.39, 0.29) is 17.6 Å². The molecule has 12 heteroatoms. The van der Waals surface area contributed by atoms with E-state index in [0.717, 1.165) is 11.3 Å². The number of likely N-dealkylation sites (tertiary alicyclic amines) is 1. The Morgan fingerprint density at radius 1 is 1.22 bits per heavy atom. The van der Waals surface area contributed by atoms with E-state index in [1.54, 1.807) is 41.1 Å². The van der Waals surface area contributed by atoms with Gasteiger partial charge in [0.05, 0.1) is 31.0 Å². The molecular formula is C25H29N7O5. The van der Waals surface area contributed by atoms with Crippen molar-refractivity contribution in [3.63, 3.8) is 0 Å². The lowest BCUT2D eigenvalue weighted by Crippen LogP contribution is -2.41. The maximum atomic E-state index is 12.6. The van der Waals surface area contributed by atoms with Crippen LogP contribution in [0.5, 0.6) is 5.88 Å². The molecular weight excluding hydrogens is 478 g/mol. The van der Waals surface area contributed by atoms with Crippen LogP contribution in [-0.4, -0.2) is 66.5 Å². The molecule has 5 rings (SSSR count). The van der Waals surface area contributed by atoms with Crippen molar-refractivity contribution in [3.05, 3.63) is 58.1 Å². The zero-order valence-corrected chi connectivity index (χ0v) is 21.2. The molecule has 0 bridgehead atoms. The fourth-order valence-electron chi connectivity index (χ4n) is 4.40. The quantitative estimate of drug-likeness (QED) is 0.431. The fraction of sp³-hybridized carbons (Fsp3) is 0.440. The SMILES string of the molecule is COc1ccc(Cc2nc(-c3cnn4c(C5CCN(C(=O)OC(C)(C)C)CC5)cc(=O)[nH]c34)no2)cn1. The Morgan fingerprint density at radius 3 is 2.68 bits per heavy atom. The number of nitrogens with one attached hydrogen (secondary N) is 1. The zero-order valence-electron chi connectivity index (χ0n) is 21.2. The molecule has 1 amide bonds. The van der Waals surface area contributed by atoms with E-state index in [2.05, 4.69) is 25.2 Å². The molecule has 37 heavy (non-hydrogen) atoms. The van der Waals surface area contributed by atoms with Crippen molar-refractivity contribution in [1.29, 1.82) is 0 Å². The van der Waals surface area contributed by atoms with Gasteiger partial charge in [0.25, 0.3) is 5.56 Å². The van der Waals surface area contributed by atoms with Crippen LogP contribution < -0.4 is 10.3 Å². The van der Waals surface area contributed by atoms with E-state index in [0.29, 0.717) is 61.2 Å². The molecule has 12 nitrogen and oxygen atoms in total. The molecule has 1 aliphatic rings. The minimum Gasteiger partial charge on any atom is -0.481 e. The highest BCUT2D eigenvalue weighted by Crippen LogP contribution is 2.30. The van der Waals surface area contributed by atoms with Gasteiger partial charge in [0.1, 0.15) is 11.2 Å². The number of pyridine rings is 1. The Morgan fingerprint density at radius 2 is 2.00 bits per heavy atom. The van der Waals surface area contributed by atoms with Crippen molar-refractivity contribution >= 4 is 11.7 Å². The number of hydrogen-bond donors (Lipinski definition) is 1. The summed E-state index contributed by atoms with van der Waals surface area (Å²) >= 11 is 0. The van der Waals surface area contributed by atoms with Crippen LogP contribution in [0.25, 0.3) is 17.0 Å². The zero-order chi connectivity index (χ0) is 26.2. The Kier molecular flexibility index (Phi) is 6.40. The Balaban J connectivity index is 1.35. The minimum absolute atomic E-state index is 0.0552. The van der Waals surface area contributed by atoms with Gasteiger partial charge in [0, 0.05) is 37.3 Å². The number of nitrogens with zero attached hydrogens (tertiary/aromatic N) is 6. The summed E-state index contributed by atoms with van der Waals surface area (Å²) in [4.78, 5) is 38.3. The number of aromatic amines is 1. The monoisotopic (exact) mass is 507 g/mol. The second-order valence-electron chi connectivity index (χ2n) is 10.0. The van der Waals surface area contributed by atoms with Crippen LogP contribution in [0.3, 0.4) is 0 Å². The molecule has 0 aromatic carbocycles. The molecule has 4 aromatic heterocycles. The highest BCUT2D eigenvalue weighted by Gasteiger charge is 2.29. The molecule has 0 aliphatic carbocycles. The highest BCUT2D eigenvalue weighted by atomic mass is 16.6. The number of rotatable bonds is 5. The number of aromatic nitrogens is 6.